The SMILES string of the molecule is C[NH+]1CCN(c2c([N+](=O)[O-])cc(C(=O)[O-])cc2[N+](=O)[O-])CC1. The van der Waals surface area contributed by atoms with E-state index in [1.54, 1.807) is 4.90 Å². The van der Waals surface area contributed by atoms with Crippen LogP contribution in [0.1, 0.15) is 10.4 Å². The zero-order valence-corrected chi connectivity index (χ0v) is 11.8. The van der Waals surface area contributed by atoms with E-state index in [0.29, 0.717) is 26.2 Å². The molecule has 10 nitrogen and oxygen atoms in total. The third-order valence-corrected chi connectivity index (χ3v) is 3.63. The molecule has 1 aliphatic rings. The molecule has 22 heavy (non-hydrogen) atoms. The zero-order valence-electron chi connectivity index (χ0n) is 11.8. The molecule has 1 aromatic carbocycles. The maximum atomic E-state index is 11.2. The van der Waals surface area contributed by atoms with E-state index < -0.39 is 32.8 Å². The van der Waals surface area contributed by atoms with Crippen LogP contribution in [0.2, 0.25) is 0 Å². The van der Waals surface area contributed by atoms with Crippen molar-refractivity contribution in [2.24, 2.45) is 0 Å². The van der Waals surface area contributed by atoms with E-state index in [0.717, 1.165) is 12.1 Å². The molecule has 1 saturated heterocycles. The summed E-state index contributed by atoms with van der Waals surface area (Å²) in [5.74, 6) is -1.69. The van der Waals surface area contributed by atoms with Gasteiger partial charge >= 0.3 is 0 Å². The lowest BCUT2D eigenvalue weighted by molar-refractivity contribution is -0.880. The molecule has 0 bridgehead atoms. The van der Waals surface area contributed by atoms with Crippen LogP contribution in [-0.4, -0.2) is 49.0 Å². The topological polar surface area (TPSA) is 134 Å². The van der Waals surface area contributed by atoms with Crippen LogP contribution in [0, 0.1) is 20.2 Å². The van der Waals surface area contributed by atoms with Crippen molar-refractivity contribution in [3.05, 3.63) is 37.9 Å². The van der Waals surface area contributed by atoms with E-state index in [9.17, 15) is 30.1 Å². The van der Waals surface area contributed by atoms with Crippen LogP contribution in [0.5, 0.6) is 0 Å². The smallest absolute Gasteiger partial charge is 0.300 e. The van der Waals surface area contributed by atoms with Crippen LogP contribution in [0.3, 0.4) is 0 Å². The molecule has 0 atom stereocenters. The highest BCUT2D eigenvalue weighted by Crippen LogP contribution is 2.38. The number of carboxylic acid groups (broad SMARTS) is 1. The Bertz CT molecular complexity index is 603. The van der Waals surface area contributed by atoms with Gasteiger partial charge in [0.1, 0.15) is 0 Å². The Labute approximate surface area is 124 Å². The van der Waals surface area contributed by atoms with E-state index in [1.165, 1.54) is 4.90 Å². The number of hydrogen-bond donors (Lipinski definition) is 1. The van der Waals surface area contributed by atoms with Crippen LogP contribution < -0.4 is 14.9 Å². The molecule has 1 aromatic rings. The molecule has 0 saturated carbocycles. The van der Waals surface area contributed by atoms with E-state index in [4.69, 9.17) is 0 Å². The predicted octanol–water partition coefficient (Wildman–Crippen LogP) is -1.80. The van der Waals surface area contributed by atoms with Gasteiger partial charge in [0.2, 0.25) is 0 Å². The number of nitro benzene ring substituents is 2. The summed E-state index contributed by atoms with van der Waals surface area (Å²) in [6, 6.07) is 1.62. The maximum absolute atomic E-state index is 11.2. The van der Waals surface area contributed by atoms with Gasteiger partial charge in [0, 0.05) is 17.7 Å². The van der Waals surface area contributed by atoms with Gasteiger partial charge in [0.05, 0.1) is 49.0 Å². The molecule has 0 aromatic heterocycles. The van der Waals surface area contributed by atoms with Crippen LogP contribution >= 0.6 is 0 Å². The number of piperazine rings is 1. The number of carbonyl (C=O) groups excluding carboxylic acids is 1. The minimum absolute atomic E-state index is 0.146. The minimum Gasteiger partial charge on any atom is -0.545 e. The van der Waals surface area contributed by atoms with Gasteiger partial charge in [0.15, 0.2) is 5.69 Å². The molecule has 1 N–H and O–H groups in total. The number of nitrogens with one attached hydrogen (secondary N) is 1. The normalized spacial score (nSPS) is 15.6. The number of nitro groups is 2. The van der Waals surface area contributed by atoms with Crippen LogP contribution in [0.4, 0.5) is 17.1 Å². The highest BCUT2D eigenvalue weighted by atomic mass is 16.6. The Morgan fingerprint density at radius 2 is 1.59 bits per heavy atom. The lowest BCUT2D eigenvalue weighted by Crippen LogP contribution is -3.12. The molecule has 2 rings (SSSR count). The molecule has 118 valence electrons. The second-order valence-electron chi connectivity index (χ2n) is 5.11. The van der Waals surface area contributed by atoms with Gasteiger partial charge in [-0.3, -0.25) is 20.2 Å². The first-order valence-electron chi connectivity index (χ1n) is 6.55. The Morgan fingerprint density at radius 1 is 1.14 bits per heavy atom. The predicted molar refractivity (Wildman–Crippen MR) is 72.9 cm³/mol. The number of likely N-dealkylation sites (N-methyl/N-ethyl adjacent to an activating group) is 1. The summed E-state index contributed by atoms with van der Waals surface area (Å²) >= 11 is 0. The Hall–Kier alpha value is -2.75. The molecule has 1 fully saturated rings. The summed E-state index contributed by atoms with van der Waals surface area (Å²) in [6.07, 6.45) is 0. The average molecular weight is 310 g/mol. The third-order valence-electron chi connectivity index (χ3n) is 3.63. The van der Waals surface area contributed by atoms with Gasteiger partial charge in [-0.05, 0) is 0 Å². The summed E-state index contributed by atoms with van der Waals surface area (Å²) in [7, 11) is 1.96. The van der Waals surface area contributed by atoms with Gasteiger partial charge in [-0.25, -0.2) is 0 Å². The number of hydrogen-bond acceptors (Lipinski definition) is 7. The van der Waals surface area contributed by atoms with Crippen molar-refractivity contribution in [2.75, 3.05) is 38.1 Å². The van der Waals surface area contributed by atoms with Crippen molar-refractivity contribution in [1.82, 2.24) is 0 Å². The zero-order chi connectivity index (χ0) is 16.4. The number of aromatic carboxylic acids is 1. The fourth-order valence-corrected chi connectivity index (χ4v) is 2.44. The van der Waals surface area contributed by atoms with Crippen molar-refractivity contribution in [3.63, 3.8) is 0 Å². The van der Waals surface area contributed by atoms with E-state index in [-0.39, 0.29) is 5.69 Å². The molecular weight excluding hydrogens is 296 g/mol. The highest BCUT2D eigenvalue weighted by molar-refractivity contribution is 5.91. The van der Waals surface area contributed by atoms with E-state index >= 15 is 0 Å². The van der Waals surface area contributed by atoms with Crippen LogP contribution in [-0.2, 0) is 0 Å². The van der Waals surface area contributed by atoms with Crippen molar-refractivity contribution >= 4 is 23.0 Å². The molecular formula is C12H14N4O6. The summed E-state index contributed by atoms with van der Waals surface area (Å²) in [4.78, 5) is 34.5. The van der Waals surface area contributed by atoms with E-state index in [2.05, 4.69) is 0 Å². The Kier molecular flexibility index (Phi) is 4.22. The van der Waals surface area contributed by atoms with Crippen molar-refractivity contribution in [1.29, 1.82) is 0 Å². The standard InChI is InChI=1S/C12H14N4O6/c1-13-2-4-14(5-3-13)11-9(15(19)20)6-8(12(17)18)7-10(11)16(21)22/h6-7H,2-5H2,1H3,(H,17,18). The number of carbonyl (C=O) groups is 1. The first kappa shape index (κ1) is 15.6. The number of carboxylic acids is 1. The Morgan fingerprint density at radius 3 is 1.95 bits per heavy atom. The summed E-state index contributed by atoms with van der Waals surface area (Å²) in [5, 5.41) is 33.3. The van der Waals surface area contributed by atoms with Crippen molar-refractivity contribution in [2.45, 2.75) is 0 Å². The molecule has 1 aliphatic heterocycles. The number of nitrogens with zero attached hydrogens (tertiary/aromatic N) is 3. The molecule has 0 unspecified atom stereocenters. The molecule has 0 aliphatic carbocycles. The van der Waals surface area contributed by atoms with Gasteiger partial charge in [-0.2, -0.15) is 0 Å². The quantitative estimate of drug-likeness (QED) is 0.512. The summed E-state index contributed by atoms with van der Waals surface area (Å²) < 4.78 is 0. The number of anilines is 1. The second-order valence-corrected chi connectivity index (χ2v) is 5.11. The van der Waals surface area contributed by atoms with Crippen LogP contribution in [0.25, 0.3) is 0 Å². The average Bonchev–Trinajstić information content (AvgIpc) is 2.46. The first-order chi connectivity index (χ1) is 10.3. The summed E-state index contributed by atoms with van der Waals surface area (Å²) in [6.45, 7) is 2.18. The first-order valence-corrected chi connectivity index (χ1v) is 6.55. The van der Waals surface area contributed by atoms with Crippen molar-refractivity contribution in [3.8, 4) is 0 Å². The van der Waals surface area contributed by atoms with Crippen LogP contribution in [0.15, 0.2) is 12.1 Å². The Balaban J connectivity index is 2.61. The fraction of sp³-hybridized carbons (Fsp3) is 0.417. The largest absolute Gasteiger partial charge is 0.545 e. The van der Waals surface area contributed by atoms with Gasteiger partial charge in [-0.1, -0.05) is 0 Å². The van der Waals surface area contributed by atoms with Gasteiger partial charge < -0.3 is 19.7 Å². The number of rotatable bonds is 4. The maximum Gasteiger partial charge on any atom is 0.300 e. The monoisotopic (exact) mass is 310 g/mol. The fourth-order valence-electron chi connectivity index (χ4n) is 2.44. The van der Waals surface area contributed by atoms with Gasteiger partial charge in [0.25, 0.3) is 11.4 Å². The lowest BCUT2D eigenvalue weighted by Gasteiger charge is -2.31. The highest BCUT2D eigenvalue weighted by Gasteiger charge is 2.33. The van der Waals surface area contributed by atoms with Crippen molar-refractivity contribution < 1.29 is 24.6 Å². The van der Waals surface area contributed by atoms with Gasteiger partial charge in [-0.15, -0.1) is 0 Å². The molecule has 1 heterocycles. The molecule has 10 heteroatoms. The third kappa shape index (κ3) is 2.96. The second kappa shape index (κ2) is 5.93. The summed E-state index contributed by atoms with van der Waals surface area (Å²) in [5.41, 5.74) is -1.91. The minimum atomic E-state index is -1.69. The van der Waals surface area contributed by atoms with E-state index in [1.807, 2.05) is 7.05 Å². The number of benzene rings is 1. The molecule has 0 radical (unpaired) electrons. The molecule has 0 amide bonds. The lowest BCUT2D eigenvalue weighted by atomic mass is 10.1. The number of quaternary nitrogens is 1. The molecule has 0 spiro atoms.